The molecular weight excluding hydrogens is 236 g/mol. The standard InChI is InChI=1S/C15H20N4/c1-11-13(8-5-9-14(11)16)15-18-17-10-19(15)12-6-3-2-4-7-12/h5,8-10,12H,2-4,6-7,16H2,1H3. The lowest BCUT2D eigenvalue weighted by Gasteiger charge is -2.24. The minimum atomic E-state index is 0.541. The Labute approximate surface area is 113 Å². The lowest BCUT2D eigenvalue weighted by molar-refractivity contribution is 0.355. The number of rotatable bonds is 2. The number of hydrogen-bond acceptors (Lipinski definition) is 3. The lowest BCUT2D eigenvalue weighted by Crippen LogP contribution is -2.13. The van der Waals surface area contributed by atoms with Crippen molar-refractivity contribution in [1.82, 2.24) is 14.8 Å². The van der Waals surface area contributed by atoms with Crippen LogP contribution >= 0.6 is 0 Å². The molecule has 4 nitrogen and oxygen atoms in total. The van der Waals surface area contributed by atoms with Crippen LogP contribution in [0.3, 0.4) is 0 Å². The molecule has 1 fully saturated rings. The number of anilines is 1. The van der Waals surface area contributed by atoms with Crippen molar-refractivity contribution in [2.75, 3.05) is 5.73 Å². The molecule has 2 aromatic rings. The predicted molar refractivity (Wildman–Crippen MR) is 76.7 cm³/mol. The number of hydrogen-bond donors (Lipinski definition) is 1. The molecule has 1 saturated carbocycles. The van der Waals surface area contributed by atoms with E-state index in [1.807, 2.05) is 25.4 Å². The smallest absolute Gasteiger partial charge is 0.164 e. The SMILES string of the molecule is Cc1c(N)cccc1-c1nncn1C1CCCCC1. The van der Waals surface area contributed by atoms with Crippen LogP contribution < -0.4 is 5.73 Å². The van der Waals surface area contributed by atoms with Crippen molar-refractivity contribution in [3.8, 4) is 11.4 Å². The van der Waals surface area contributed by atoms with E-state index < -0.39 is 0 Å². The van der Waals surface area contributed by atoms with E-state index in [0.29, 0.717) is 6.04 Å². The average molecular weight is 256 g/mol. The summed E-state index contributed by atoms with van der Waals surface area (Å²) in [5.41, 5.74) is 9.00. The van der Waals surface area contributed by atoms with Gasteiger partial charge >= 0.3 is 0 Å². The van der Waals surface area contributed by atoms with Gasteiger partial charge in [-0.1, -0.05) is 31.4 Å². The molecule has 1 aromatic heterocycles. The predicted octanol–water partition coefficient (Wildman–Crippen LogP) is 3.34. The monoisotopic (exact) mass is 256 g/mol. The van der Waals surface area contributed by atoms with Crippen molar-refractivity contribution in [2.24, 2.45) is 0 Å². The Morgan fingerprint density at radius 3 is 2.79 bits per heavy atom. The lowest BCUT2D eigenvalue weighted by atomic mass is 9.95. The molecule has 4 heteroatoms. The van der Waals surface area contributed by atoms with Crippen LogP contribution in [0, 0.1) is 6.92 Å². The minimum Gasteiger partial charge on any atom is -0.398 e. The summed E-state index contributed by atoms with van der Waals surface area (Å²) in [6.45, 7) is 2.05. The zero-order valence-electron chi connectivity index (χ0n) is 11.3. The molecule has 0 bridgehead atoms. The molecule has 1 aromatic carbocycles. The van der Waals surface area contributed by atoms with Crippen LogP contribution in [0.2, 0.25) is 0 Å². The number of nitrogens with zero attached hydrogens (tertiary/aromatic N) is 3. The molecule has 100 valence electrons. The van der Waals surface area contributed by atoms with Crippen LogP contribution in [0.1, 0.15) is 43.7 Å². The summed E-state index contributed by atoms with van der Waals surface area (Å²) in [5, 5.41) is 8.44. The molecule has 1 aliphatic carbocycles. The average Bonchev–Trinajstić information content (AvgIpc) is 2.92. The largest absolute Gasteiger partial charge is 0.398 e. The van der Waals surface area contributed by atoms with Gasteiger partial charge in [0.05, 0.1) is 0 Å². The first kappa shape index (κ1) is 12.2. The molecular formula is C15H20N4. The Bertz CT molecular complexity index is 567. The first-order valence-electron chi connectivity index (χ1n) is 7.02. The van der Waals surface area contributed by atoms with Crippen molar-refractivity contribution < 1.29 is 0 Å². The Kier molecular flexibility index (Phi) is 3.23. The highest BCUT2D eigenvalue weighted by Crippen LogP contribution is 2.33. The van der Waals surface area contributed by atoms with E-state index >= 15 is 0 Å². The summed E-state index contributed by atoms with van der Waals surface area (Å²) in [4.78, 5) is 0. The van der Waals surface area contributed by atoms with Gasteiger partial charge in [-0.05, 0) is 31.4 Å². The minimum absolute atomic E-state index is 0.541. The van der Waals surface area contributed by atoms with Gasteiger partial charge in [-0.15, -0.1) is 10.2 Å². The normalized spacial score (nSPS) is 16.7. The summed E-state index contributed by atoms with van der Waals surface area (Å²) < 4.78 is 2.24. The third kappa shape index (κ3) is 2.23. The van der Waals surface area contributed by atoms with Crippen LogP contribution in [-0.2, 0) is 0 Å². The maximum absolute atomic E-state index is 6.00. The van der Waals surface area contributed by atoms with E-state index in [1.54, 1.807) is 0 Å². The summed E-state index contributed by atoms with van der Waals surface area (Å²) in [6, 6.07) is 6.53. The Hall–Kier alpha value is -1.84. The number of nitrogens with two attached hydrogens (primary N) is 1. The van der Waals surface area contributed by atoms with E-state index in [1.165, 1.54) is 32.1 Å². The molecule has 0 unspecified atom stereocenters. The molecule has 2 N–H and O–H groups in total. The zero-order valence-corrected chi connectivity index (χ0v) is 11.3. The molecule has 1 heterocycles. The first-order chi connectivity index (χ1) is 9.27. The van der Waals surface area contributed by atoms with Crippen molar-refractivity contribution in [3.05, 3.63) is 30.1 Å². The fourth-order valence-electron chi connectivity index (χ4n) is 2.96. The number of aromatic nitrogens is 3. The van der Waals surface area contributed by atoms with E-state index in [-0.39, 0.29) is 0 Å². The maximum atomic E-state index is 6.00. The summed E-state index contributed by atoms with van der Waals surface area (Å²) in [5.74, 6) is 0.955. The molecule has 1 aliphatic rings. The molecule has 0 saturated heterocycles. The van der Waals surface area contributed by atoms with E-state index in [2.05, 4.69) is 20.8 Å². The van der Waals surface area contributed by atoms with Crippen molar-refractivity contribution in [1.29, 1.82) is 0 Å². The highest BCUT2D eigenvalue weighted by Gasteiger charge is 2.20. The van der Waals surface area contributed by atoms with Crippen molar-refractivity contribution in [2.45, 2.75) is 45.1 Å². The second-order valence-corrected chi connectivity index (χ2v) is 5.37. The third-order valence-electron chi connectivity index (χ3n) is 4.16. The second kappa shape index (κ2) is 5.03. The van der Waals surface area contributed by atoms with Crippen molar-refractivity contribution >= 4 is 5.69 Å². The first-order valence-corrected chi connectivity index (χ1v) is 7.02. The molecule has 0 amide bonds. The maximum Gasteiger partial charge on any atom is 0.164 e. The highest BCUT2D eigenvalue weighted by atomic mass is 15.3. The van der Waals surface area contributed by atoms with Gasteiger partial charge in [-0.25, -0.2) is 0 Å². The van der Waals surface area contributed by atoms with Crippen LogP contribution in [0.25, 0.3) is 11.4 Å². The second-order valence-electron chi connectivity index (χ2n) is 5.37. The Balaban J connectivity index is 2.01. The molecule has 0 spiro atoms. The van der Waals surface area contributed by atoms with Crippen molar-refractivity contribution in [3.63, 3.8) is 0 Å². The molecule has 0 aliphatic heterocycles. The Morgan fingerprint density at radius 2 is 2.00 bits per heavy atom. The quantitative estimate of drug-likeness (QED) is 0.838. The third-order valence-corrected chi connectivity index (χ3v) is 4.16. The number of benzene rings is 1. The molecule has 0 atom stereocenters. The summed E-state index contributed by atoms with van der Waals surface area (Å²) in [7, 11) is 0. The fraction of sp³-hybridized carbons (Fsp3) is 0.467. The van der Waals surface area contributed by atoms with Gasteiger partial charge in [-0.2, -0.15) is 0 Å². The van der Waals surface area contributed by atoms with Crippen LogP contribution in [0.4, 0.5) is 5.69 Å². The van der Waals surface area contributed by atoms with Gasteiger partial charge < -0.3 is 10.3 Å². The summed E-state index contributed by atoms with van der Waals surface area (Å²) >= 11 is 0. The van der Waals surface area contributed by atoms with Gasteiger partial charge in [-0.3, -0.25) is 0 Å². The van der Waals surface area contributed by atoms with E-state index in [4.69, 9.17) is 5.73 Å². The van der Waals surface area contributed by atoms with Gasteiger partial charge in [0.25, 0.3) is 0 Å². The van der Waals surface area contributed by atoms with Crippen LogP contribution in [0.5, 0.6) is 0 Å². The van der Waals surface area contributed by atoms with E-state index in [9.17, 15) is 0 Å². The topological polar surface area (TPSA) is 56.7 Å². The summed E-state index contributed by atoms with van der Waals surface area (Å²) in [6.07, 6.45) is 8.29. The highest BCUT2D eigenvalue weighted by molar-refractivity contribution is 5.67. The van der Waals surface area contributed by atoms with E-state index in [0.717, 1.165) is 22.6 Å². The van der Waals surface area contributed by atoms with Gasteiger partial charge in [0.2, 0.25) is 0 Å². The zero-order chi connectivity index (χ0) is 13.2. The van der Waals surface area contributed by atoms with Gasteiger partial charge in [0, 0.05) is 17.3 Å². The molecule has 3 rings (SSSR count). The van der Waals surface area contributed by atoms with Gasteiger partial charge in [0.1, 0.15) is 6.33 Å². The Morgan fingerprint density at radius 1 is 1.21 bits per heavy atom. The number of nitrogen functional groups attached to an aromatic ring is 1. The van der Waals surface area contributed by atoms with Crippen LogP contribution in [0.15, 0.2) is 24.5 Å². The molecule has 0 radical (unpaired) electrons. The van der Waals surface area contributed by atoms with Crippen LogP contribution in [-0.4, -0.2) is 14.8 Å². The molecule has 19 heavy (non-hydrogen) atoms. The fourth-order valence-corrected chi connectivity index (χ4v) is 2.96. The van der Waals surface area contributed by atoms with Gasteiger partial charge in [0.15, 0.2) is 5.82 Å².